The number of ether oxygens (including phenoxy) is 1. The van der Waals surface area contributed by atoms with Crippen molar-refractivity contribution in [2.45, 2.75) is 31.8 Å². The molecule has 0 aromatic rings. The van der Waals surface area contributed by atoms with Gasteiger partial charge in [0.25, 0.3) is 0 Å². The van der Waals surface area contributed by atoms with Gasteiger partial charge >= 0.3 is 0 Å². The average Bonchev–Trinajstić information content (AvgIpc) is 1.91. The predicted octanol–water partition coefficient (Wildman–Crippen LogP) is 2.38. The summed E-state index contributed by atoms with van der Waals surface area (Å²) in [7, 11) is 0. The lowest BCUT2D eigenvalue weighted by Gasteiger charge is -2.21. The van der Waals surface area contributed by atoms with Gasteiger partial charge in [-0.25, -0.2) is 0 Å². The van der Waals surface area contributed by atoms with E-state index in [9.17, 15) is 0 Å². The maximum absolute atomic E-state index is 5.51. The van der Waals surface area contributed by atoms with Gasteiger partial charge in [0, 0.05) is 11.0 Å². The summed E-state index contributed by atoms with van der Waals surface area (Å²) in [5.41, 5.74) is 0. The van der Waals surface area contributed by atoms with E-state index in [0.717, 1.165) is 6.61 Å². The van der Waals surface area contributed by atoms with Crippen LogP contribution < -0.4 is 0 Å². The van der Waals surface area contributed by atoms with Gasteiger partial charge in [-0.2, -0.15) is 0 Å². The average molecular weight is 240 g/mol. The summed E-state index contributed by atoms with van der Waals surface area (Å²) in [5.74, 6) is 0. The van der Waals surface area contributed by atoms with Crippen molar-refractivity contribution in [3.63, 3.8) is 0 Å². The molecule has 1 rings (SSSR count). The molecule has 1 unspecified atom stereocenters. The molecule has 0 spiro atoms. The minimum atomic E-state index is 0.593. The van der Waals surface area contributed by atoms with E-state index in [-0.39, 0.29) is 0 Å². The predicted molar refractivity (Wildman–Crippen MR) is 47.1 cm³/mol. The van der Waals surface area contributed by atoms with Crippen LogP contribution in [0.4, 0.5) is 0 Å². The highest BCUT2D eigenvalue weighted by atomic mass is 127. The number of hydrogen-bond donors (Lipinski definition) is 0. The van der Waals surface area contributed by atoms with Crippen LogP contribution in [-0.4, -0.2) is 17.1 Å². The second-order valence-electron chi connectivity index (χ2n) is 2.47. The van der Waals surface area contributed by atoms with E-state index >= 15 is 0 Å². The van der Waals surface area contributed by atoms with E-state index in [1.54, 1.807) is 0 Å². The molecule has 0 bridgehead atoms. The molecule has 1 saturated heterocycles. The molecular formula is C7H13IO. The van der Waals surface area contributed by atoms with Crippen LogP contribution in [0.25, 0.3) is 0 Å². The summed E-state index contributed by atoms with van der Waals surface area (Å²) >= 11 is 2.41. The van der Waals surface area contributed by atoms with Gasteiger partial charge in [0.05, 0.1) is 6.10 Å². The third kappa shape index (κ3) is 2.85. The minimum absolute atomic E-state index is 0.593. The number of hydrogen-bond acceptors (Lipinski definition) is 1. The third-order valence-corrected chi connectivity index (χ3v) is 2.33. The lowest BCUT2D eigenvalue weighted by atomic mass is 10.1. The van der Waals surface area contributed by atoms with Crippen molar-refractivity contribution in [1.29, 1.82) is 0 Å². The fraction of sp³-hybridized carbons (Fsp3) is 1.00. The summed E-state index contributed by atoms with van der Waals surface area (Å²) in [4.78, 5) is 0. The first-order chi connectivity index (χ1) is 4.43. The summed E-state index contributed by atoms with van der Waals surface area (Å²) in [6.07, 6.45) is 5.79. The Morgan fingerprint density at radius 2 is 2.33 bits per heavy atom. The molecule has 0 aromatic carbocycles. The largest absolute Gasteiger partial charge is 0.378 e. The van der Waals surface area contributed by atoms with Gasteiger partial charge in [0.1, 0.15) is 0 Å². The van der Waals surface area contributed by atoms with Crippen LogP contribution in [-0.2, 0) is 4.74 Å². The molecular weight excluding hydrogens is 227 g/mol. The van der Waals surface area contributed by atoms with E-state index in [0.29, 0.717) is 6.10 Å². The Kier molecular flexibility index (Phi) is 3.89. The molecule has 0 amide bonds. The second-order valence-corrected chi connectivity index (χ2v) is 3.54. The maximum Gasteiger partial charge on any atom is 0.0582 e. The van der Waals surface area contributed by atoms with Gasteiger partial charge < -0.3 is 4.74 Å². The van der Waals surface area contributed by atoms with Crippen molar-refractivity contribution in [3.8, 4) is 0 Å². The van der Waals surface area contributed by atoms with Gasteiger partial charge in [0.15, 0.2) is 0 Å². The van der Waals surface area contributed by atoms with Crippen molar-refractivity contribution in [1.82, 2.24) is 0 Å². The fourth-order valence-electron chi connectivity index (χ4n) is 1.16. The highest BCUT2D eigenvalue weighted by Crippen LogP contribution is 2.15. The van der Waals surface area contributed by atoms with Crippen molar-refractivity contribution >= 4 is 22.6 Å². The van der Waals surface area contributed by atoms with Crippen molar-refractivity contribution in [2.75, 3.05) is 11.0 Å². The minimum Gasteiger partial charge on any atom is -0.378 e. The van der Waals surface area contributed by atoms with Crippen LogP contribution in [0.5, 0.6) is 0 Å². The van der Waals surface area contributed by atoms with E-state index in [4.69, 9.17) is 4.74 Å². The van der Waals surface area contributed by atoms with Crippen LogP contribution in [0.15, 0.2) is 0 Å². The molecule has 1 aliphatic rings. The molecule has 0 radical (unpaired) electrons. The van der Waals surface area contributed by atoms with Gasteiger partial charge in [-0.1, -0.05) is 22.6 Å². The Labute approximate surface area is 70.3 Å². The monoisotopic (exact) mass is 240 g/mol. The van der Waals surface area contributed by atoms with Crippen molar-refractivity contribution in [2.24, 2.45) is 0 Å². The molecule has 0 saturated carbocycles. The number of halogens is 1. The SMILES string of the molecule is ICCC1CCCCO1. The smallest absolute Gasteiger partial charge is 0.0582 e. The Bertz CT molecular complexity index is 66.6. The highest BCUT2D eigenvalue weighted by Gasteiger charge is 2.11. The number of alkyl halides is 1. The second kappa shape index (κ2) is 4.50. The van der Waals surface area contributed by atoms with Crippen LogP contribution in [0.3, 0.4) is 0 Å². The zero-order valence-corrected chi connectivity index (χ0v) is 7.76. The lowest BCUT2D eigenvalue weighted by molar-refractivity contribution is 0.0154. The Hall–Kier alpha value is 0.690. The zero-order valence-electron chi connectivity index (χ0n) is 5.61. The summed E-state index contributed by atoms with van der Waals surface area (Å²) < 4.78 is 6.75. The summed E-state index contributed by atoms with van der Waals surface area (Å²) in [5, 5.41) is 0. The standard InChI is InChI=1S/C7H13IO/c8-5-4-7-3-1-2-6-9-7/h7H,1-6H2. The van der Waals surface area contributed by atoms with Crippen molar-refractivity contribution in [3.05, 3.63) is 0 Å². The first-order valence-corrected chi connectivity index (χ1v) is 5.13. The summed E-state index contributed by atoms with van der Waals surface area (Å²) in [6, 6.07) is 0. The van der Waals surface area contributed by atoms with Gasteiger partial charge in [-0.05, 0) is 25.7 Å². The molecule has 0 N–H and O–H groups in total. The fourth-order valence-corrected chi connectivity index (χ4v) is 1.85. The van der Waals surface area contributed by atoms with E-state index in [2.05, 4.69) is 22.6 Å². The van der Waals surface area contributed by atoms with Crippen LogP contribution in [0, 0.1) is 0 Å². The molecule has 2 heteroatoms. The van der Waals surface area contributed by atoms with Gasteiger partial charge in [0.2, 0.25) is 0 Å². The molecule has 1 fully saturated rings. The molecule has 1 heterocycles. The van der Waals surface area contributed by atoms with Crippen LogP contribution in [0.1, 0.15) is 25.7 Å². The molecule has 1 nitrogen and oxygen atoms in total. The molecule has 9 heavy (non-hydrogen) atoms. The first kappa shape index (κ1) is 7.79. The molecule has 0 aromatic heterocycles. The first-order valence-electron chi connectivity index (χ1n) is 3.61. The Morgan fingerprint density at radius 3 is 2.89 bits per heavy atom. The maximum atomic E-state index is 5.51. The van der Waals surface area contributed by atoms with Crippen molar-refractivity contribution < 1.29 is 4.74 Å². The van der Waals surface area contributed by atoms with E-state index in [1.807, 2.05) is 0 Å². The normalized spacial score (nSPS) is 28.3. The Morgan fingerprint density at radius 1 is 1.44 bits per heavy atom. The lowest BCUT2D eigenvalue weighted by Crippen LogP contribution is -2.18. The number of rotatable bonds is 2. The van der Waals surface area contributed by atoms with Gasteiger partial charge in [-0.3, -0.25) is 0 Å². The molecule has 0 aliphatic carbocycles. The topological polar surface area (TPSA) is 9.23 Å². The van der Waals surface area contributed by atoms with Gasteiger partial charge in [-0.15, -0.1) is 0 Å². The van der Waals surface area contributed by atoms with E-state index in [1.165, 1.54) is 30.1 Å². The highest BCUT2D eigenvalue weighted by molar-refractivity contribution is 14.1. The molecule has 1 atom stereocenters. The van der Waals surface area contributed by atoms with Crippen LogP contribution >= 0.6 is 22.6 Å². The summed E-state index contributed by atoms with van der Waals surface area (Å²) in [6.45, 7) is 1.00. The third-order valence-electron chi connectivity index (χ3n) is 1.71. The molecule has 1 aliphatic heterocycles. The quantitative estimate of drug-likeness (QED) is 0.532. The zero-order chi connectivity index (χ0) is 6.53. The van der Waals surface area contributed by atoms with E-state index < -0.39 is 0 Å². The Balaban J connectivity index is 2.08. The van der Waals surface area contributed by atoms with Crippen LogP contribution in [0.2, 0.25) is 0 Å². The molecule has 54 valence electrons.